The zero-order valence-corrected chi connectivity index (χ0v) is 13.2. The molecule has 3 aromatic rings. The number of rotatable bonds is 2. The van der Waals surface area contributed by atoms with Crippen LogP contribution >= 0.6 is 0 Å². The Morgan fingerprint density at radius 2 is 1.68 bits per heavy atom. The molecule has 2 amide bonds. The summed E-state index contributed by atoms with van der Waals surface area (Å²) in [5.74, 6) is 0. The summed E-state index contributed by atoms with van der Waals surface area (Å²) in [4.78, 5) is 16.5. The van der Waals surface area contributed by atoms with Crippen molar-refractivity contribution in [1.82, 2.24) is 4.98 Å². The summed E-state index contributed by atoms with van der Waals surface area (Å²) in [6, 6.07) is 12.8. The molecule has 0 fully saturated rings. The van der Waals surface area contributed by atoms with Crippen LogP contribution in [0.4, 0.5) is 29.3 Å². The lowest BCUT2D eigenvalue weighted by Crippen LogP contribution is -2.20. The highest BCUT2D eigenvalue weighted by Gasteiger charge is 2.29. The minimum atomic E-state index is -4.41. The van der Waals surface area contributed by atoms with Gasteiger partial charge in [-0.3, -0.25) is 4.98 Å². The summed E-state index contributed by atoms with van der Waals surface area (Å²) in [5.41, 5.74) is 1.55. The number of aryl methyl sites for hydroxylation is 1. The van der Waals surface area contributed by atoms with Crippen LogP contribution in [0.25, 0.3) is 10.9 Å². The molecule has 0 saturated carbocycles. The molecule has 1 aromatic heterocycles. The predicted octanol–water partition coefficient (Wildman–Crippen LogP) is 5.21. The molecule has 0 aliphatic carbocycles. The Morgan fingerprint density at radius 1 is 1.00 bits per heavy atom. The first kappa shape index (κ1) is 16.8. The van der Waals surface area contributed by atoms with Crippen LogP contribution < -0.4 is 10.6 Å². The molecule has 0 bridgehead atoms. The van der Waals surface area contributed by atoms with Crippen LogP contribution in [0.3, 0.4) is 0 Å². The van der Waals surface area contributed by atoms with E-state index in [0.717, 1.165) is 28.7 Å². The number of nitrogens with zero attached hydrogens (tertiary/aromatic N) is 1. The maximum Gasteiger partial charge on any atom is 0.416 e. The Bertz CT molecular complexity index is 921. The van der Waals surface area contributed by atoms with Gasteiger partial charge in [-0.05, 0) is 43.3 Å². The predicted molar refractivity (Wildman–Crippen MR) is 90.6 cm³/mol. The number of carbonyl (C=O) groups excluding carboxylic acids is 1. The van der Waals surface area contributed by atoms with Gasteiger partial charge in [0, 0.05) is 16.8 Å². The maximum atomic E-state index is 12.6. The van der Waals surface area contributed by atoms with Crippen LogP contribution in [0.15, 0.2) is 54.6 Å². The number of alkyl halides is 3. The second-order valence-corrected chi connectivity index (χ2v) is 5.48. The van der Waals surface area contributed by atoms with Gasteiger partial charge in [0.1, 0.15) is 0 Å². The minimum Gasteiger partial charge on any atom is -0.308 e. The van der Waals surface area contributed by atoms with Crippen molar-refractivity contribution in [3.05, 3.63) is 65.9 Å². The normalized spacial score (nSPS) is 11.4. The van der Waals surface area contributed by atoms with E-state index in [-0.39, 0.29) is 5.69 Å². The zero-order valence-electron chi connectivity index (χ0n) is 13.2. The highest BCUT2D eigenvalue weighted by molar-refractivity contribution is 6.05. The molecule has 4 nitrogen and oxygen atoms in total. The summed E-state index contributed by atoms with van der Waals surface area (Å²) >= 11 is 0. The van der Waals surface area contributed by atoms with Crippen molar-refractivity contribution in [3.8, 4) is 0 Å². The van der Waals surface area contributed by atoms with Crippen LogP contribution in [-0.2, 0) is 6.18 Å². The lowest BCUT2D eigenvalue weighted by atomic mass is 10.1. The largest absolute Gasteiger partial charge is 0.416 e. The molecule has 0 radical (unpaired) electrons. The molecule has 7 heteroatoms. The molecular weight excluding hydrogens is 331 g/mol. The van der Waals surface area contributed by atoms with Gasteiger partial charge in [-0.25, -0.2) is 4.79 Å². The lowest BCUT2D eigenvalue weighted by molar-refractivity contribution is -0.137. The smallest absolute Gasteiger partial charge is 0.308 e. The van der Waals surface area contributed by atoms with Crippen LogP contribution in [0.2, 0.25) is 0 Å². The Balaban J connectivity index is 1.77. The molecule has 0 spiro atoms. The number of hydrogen-bond donors (Lipinski definition) is 2. The summed E-state index contributed by atoms with van der Waals surface area (Å²) in [6.45, 7) is 1.81. The molecule has 2 aromatic carbocycles. The number of amides is 2. The third-order valence-electron chi connectivity index (χ3n) is 3.56. The first-order valence-electron chi connectivity index (χ1n) is 7.44. The zero-order chi connectivity index (χ0) is 18.0. The molecule has 3 rings (SSSR count). The highest BCUT2D eigenvalue weighted by Crippen LogP contribution is 2.30. The van der Waals surface area contributed by atoms with Gasteiger partial charge in [0.25, 0.3) is 0 Å². The van der Waals surface area contributed by atoms with Crippen molar-refractivity contribution in [3.63, 3.8) is 0 Å². The van der Waals surface area contributed by atoms with Crippen molar-refractivity contribution in [2.45, 2.75) is 13.1 Å². The van der Waals surface area contributed by atoms with Crippen molar-refractivity contribution in [2.24, 2.45) is 0 Å². The molecule has 0 saturated heterocycles. The lowest BCUT2D eigenvalue weighted by Gasteiger charge is -2.12. The molecular formula is C18H14F3N3O. The summed E-state index contributed by atoms with van der Waals surface area (Å²) in [7, 11) is 0. The fraction of sp³-hybridized carbons (Fsp3) is 0.111. The molecule has 1 heterocycles. The van der Waals surface area contributed by atoms with Crippen LogP contribution in [0, 0.1) is 6.92 Å². The van der Waals surface area contributed by atoms with E-state index in [4.69, 9.17) is 0 Å². The minimum absolute atomic E-state index is 0.264. The van der Waals surface area contributed by atoms with Crippen LogP contribution in [0.5, 0.6) is 0 Å². The number of anilines is 2. The fourth-order valence-electron chi connectivity index (χ4n) is 2.44. The van der Waals surface area contributed by atoms with Gasteiger partial charge in [0.15, 0.2) is 0 Å². The van der Waals surface area contributed by atoms with E-state index in [2.05, 4.69) is 15.6 Å². The van der Waals surface area contributed by atoms with E-state index >= 15 is 0 Å². The van der Waals surface area contributed by atoms with Gasteiger partial charge >= 0.3 is 12.2 Å². The molecule has 25 heavy (non-hydrogen) atoms. The molecule has 0 unspecified atom stereocenters. The number of hydrogen-bond acceptors (Lipinski definition) is 2. The van der Waals surface area contributed by atoms with E-state index in [1.54, 1.807) is 6.07 Å². The van der Waals surface area contributed by atoms with Gasteiger partial charge < -0.3 is 10.6 Å². The average Bonchev–Trinajstić information content (AvgIpc) is 2.54. The summed E-state index contributed by atoms with van der Waals surface area (Å²) in [5, 5.41) is 6.00. The molecule has 0 atom stereocenters. The highest BCUT2D eigenvalue weighted by atomic mass is 19.4. The van der Waals surface area contributed by atoms with E-state index in [9.17, 15) is 18.0 Å². The number of pyridine rings is 1. The third-order valence-corrected chi connectivity index (χ3v) is 3.56. The SMILES string of the molecule is Cc1cc(NC(=O)Nc2ccc(C(F)(F)F)cc2)c2ccccc2n1. The van der Waals surface area contributed by atoms with Gasteiger partial charge in [0.2, 0.25) is 0 Å². The number of carbonyl (C=O) groups is 1. The molecule has 128 valence electrons. The molecule has 2 N–H and O–H groups in total. The first-order chi connectivity index (χ1) is 11.8. The molecule has 0 aliphatic heterocycles. The monoisotopic (exact) mass is 345 g/mol. The van der Waals surface area contributed by atoms with E-state index in [1.807, 2.05) is 31.2 Å². The fourth-order valence-corrected chi connectivity index (χ4v) is 2.44. The number of aromatic nitrogens is 1. The first-order valence-corrected chi connectivity index (χ1v) is 7.44. The van der Waals surface area contributed by atoms with Gasteiger partial charge in [0.05, 0.1) is 16.8 Å². The summed E-state index contributed by atoms with van der Waals surface area (Å²) < 4.78 is 37.7. The van der Waals surface area contributed by atoms with Crippen molar-refractivity contribution in [1.29, 1.82) is 0 Å². The van der Waals surface area contributed by atoms with Crippen molar-refractivity contribution >= 4 is 28.3 Å². The number of nitrogens with one attached hydrogen (secondary N) is 2. The standard InChI is InChI=1S/C18H14F3N3O/c1-11-10-16(14-4-2-3-5-15(14)22-11)24-17(25)23-13-8-6-12(7-9-13)18(19,20)21/h2-10H,1H3,(H2,22,23,24,25). The van der Waals surface area contributed by atoms with Crippen LogP contribution in [-0.4, -0.2) is 11.0 Å². The Hall–Kier alpha value is -3.09. The number of fused-ring (bicyclic) bond motifs is 1. The second kappa shape index (κ2) is 6.43. The van der Waals surface area contributed by atoms with Gasteiger partial charge in [-0.2, -0.15) is 13.2 Å². The van der Waals surface area contributed by atoms with Crippen molar-refractivity contribution < 1.29 is 18.0 Å². The van der Waals surface area contributed by atoms with Crippen molar-refractivity contribution in [2.75, 3.05) is 10.6 Å². The van der Waals surface area contributed by atoms with Gasteiger partial charge in [-0.15, -0.1) is 0 Å². The van der Waals surface area contributed by atoms with E-state index in [0.29, 0.717) is 5.69 Å². The number of para-hydroxylation sites is 1. The van der Waals surface area contributed by atoms with Gasteiger partial charge in [-0.1, -0.05) is 18.2 Å². The summed E-state index contributed by atoms with van der Waals surface area (Å²) in [6.07, 6.45) is -4.41. The second-order valence-electron chi connectivity index (χ2n) is 5.48. The number of urea groups is 1. The third kappa shape index (κ3) is 3.88. The van der Waals surface area contributed by atoms with E-state index in [1.165, 1.54) is 12.1 Å². The quantitative estimate of drug-likeness (QED) is 0.670. The molecule has 0 aliphatic rings. The van der Waals surface area contributed by atoms with E-state index < -0.39 is 17.8 Å². The average molecular weight is 345 g/mol. The maximum absolute atomic E-state index is 12.6. The topological polar surface area (TPSA) is 54.0 Å². The number of benzene rings is 2. The number of halogens is 3. The van der Waals surface area contributed by atoms with Crippen LogP contribution in [0.1, 0.15) is 11.3 Å². The Morgan fingerprint density at radius 3 is 2.36 bits per heavy atom. The Kier molecular flexibility index (Phi) is 4.31. The Labute approximate surface area is 141 Å².